The number of benzene rings is 5. The maximum Gasteiger partial charge on any atom is 0.271 e. The number of nitrogens with one attached hydrogen (secondary N) is 2. The van der Waals surface area contributed by atoms with Crippen LogP contribution in [-0.4, -0.2) is 49.1 Å². The number of nitrogens with zero attached hydrogens (tertiary/aromatic N) is 6. The minimum atomic E-state index is -0.148. The number of rotatable bonds is 8. The zero-order valence-electron chi connectivity index (χ0n) is 29.2. The van der Waals surface area contributed by atoms with Crippen molar-refractivity contribution in [3.8, 4) is 5.75 Å². The molecule has 0 aliphatic carbocycles. The van der Waals surface area contributed by atoms with Crippen LogP contribution < -0.4 is 14.5 Å². The summed E-state index contributed by atoms with van der Waals surface area (Å²) in [5.41, 5.74) is 8.31. The number of fused-ring (bicyclic) bond motifs is 2. The number of para-hydroxylation sites is 1. The van der Waals surface area contributed by atoms with E-state index in [1.165, 1.54) is 23.5 Å². The van der Waals surface area contributed by atoms with E-state index in [0.717, 1.165) is 44.4 Å². The van der Waals surface area contributed by atoms with Crippen molar-refractivity contribution in [1.82, 2.24) is 19.9 Å². The van der Waals surface area contributed by atoms with E-state index in [4.69, 9.17) is 9.73 Å². The molecular formula is C42H30N8O3S2. The molecule has 2 fully saturated rings. The Labute approximate surface area is 323 Å². The van der Waals surface area contributed by atoms with Gasteiger partial charge in [0, 0.05) is 7.05 Å². The van der Waals surface area contributed by atoms with Gasteiger partial charge in [0.2, 0.25) is 0 Å². The first-order chi connectivity index (χ1) is 27.0. The highest BCUT2D eigenvalue weighted by Crippen LogP contribution is 2.39. The van der Waals surface area contributed by atoms with Crippen LogP contribution in [-0.2, 0) is 16.2 Å². The molecule has 9 rings (SSSR count). The van der Waals surface area contributed by atoms with Crippen molar-refractivity contribution in [1.29, 1.82) is 0 Å². The molecule has 2 N–H and O–H groups in total. The average molecular weight is 759 g/mol. The van der Waals surface area contributed by atoms with E-state index < -0.39 is 0 Å². The first kappa shape index (κ1) is 34.1. The summed E-state index contributed by atoms with van der Waals surface area (Å²) in [4.78, 5) is 56.0. The third-order valence-corrected chi connectivity index (χ3v) is 11.0. The summed E-state index contributed by atoms with van der Waals surface area (Å²) in [5, 5.41) is 1.15. The van der Waals surface area contributed by atoms with E-state index >= 15 is 0 Å². The van der Waals surface area contributed by atoms with Gasteiger partial charge in [0.25, 0.3) is 11.8 Å². The fraction of sp³-hybridized carbons (Fsp3) is 0.0476. The molecule has 55 heavy (non-hydrogen) atoms. The number of aromatic nitrogens is 4. The van der Waals surface area contributed by atoms with Crippen LogP contribution in [0.25, 0.3) is 34.2 Å². The lowest BCUT2D eigenvalue weighted by atomic mass is 10.1. The van der Waals surface area contributed by atoms with Crippen molar-refractivity contribution in [3.63, 3.8) is 0 Å². The number of aromatic amines is 2. The lowest BCUT2D eigenvalue weighted by molar-refractivity contribution is -0.114. The van der Waals surface area contributed by atoms with Crippen molar-refractivity contribution in [2.75, 3.05) is 16.8 Å². The maximum atomic E-state index is 13.8. The van der Waals surface area contributed by atoms with E-state index in [9.17, 15) is 9.59 Å². The van der Waals surface area contributed by atoms with Crippen LogP contribution in [0.3, 0.4) is 0 Å². The van der Waals surface area contributed by atoms with Crippen molar-refractivity contribution < 1.29 is 14.3 Å². The molecule has 2 amide bonds. The number of anilines is 2. The maximum absolute atomic E-state index is 13.8. The van der Waals surface area contributed by atoms with E-state index in [1.807, 2.05) is 127 Å². The Morgan fingerprint density at radius 2 is 1.27 bits per heavy atom. The van der Waals surface area contributed by atoms with Crippen LogP contribution in [0.1, 0.15) is 16.7 Å². The number of amides is 2. The van der Waals surface area contributed by atoms with E-state index in [1.54, 1.807) is 29.5 Å². The molecular weight excluding hydrogens is 729 g/mol. The predicted octanol–water partition coefficient (Wildman–Crippen LogP) is 8.93. The van der Waals surface area contributed by atoms with E-state index in [-0.39, 0.29) is 18.4 Å². The number of imidazole rings is 2. The number of aliphatic imine (C=N–C) groups is 2. The van der Waals surface area contributed by atoms with Crippen LogP contribution in [0.4, 0.5) is 17.1 Å². The van der Waals surface area contributed by atoms with Gasteiger partial charge in [-0.2, -0.15) is 0 Å². The fourth-order valence-electron chi connectivity index (χ4n) is 6.26. The predicted molar refractivity (Wildman–Crippen MR) is 222 cm³/mol. The molecule has 2 aromatic heterocycles. The molecule has 0 atom stereocenters. The van der Waals surface area contributed by atoms with Crippen LogP contribution in [0.15, 0.2) is 148 Å². The molecule has 268 valence electrons. The van der Waals surface area contributed by atoms with Crippen molar-refractivity contribution in [2.45, 2.75) is 6.61 Å². The Bertz CT molecular complexity index is 2730. The topological polar surface area (TPSA) is 132 Å². The van der Waals surface area contributed by atoms with Gasteiger partial charge in [-0.3, -0.25) is 24.4 Å². The second kappa shape index (κ2) is 14.6. The normalized spacial score (nSPS) is 17.6. The molecule has 2 aliphatic rings. The minimum absolute atomic E-state index is 0.144. The molecule has 2 saturated heterocycles. The number of carbonyl (C=O) groups is 2. The Morgan fingerprint density at radius 3 is 1.91 bits per heavy atom. The summed E-state index contributed by atoms with van der Waals surface area (Å²) in [6, 6.07) is 36.3. The highest BCUT2D eigenvalue weighted by atomic mass is 32.2. The Kier molecular flexibility index (Phi) is 9.06. The first-order valence-electron chi connectivity index (χ1n) is 17.3. The van der Waals surface area contributed by atoms with E-state index in [0.29, 0.717) is 37.3 Å². The van der Waals surface area contributed by atoms with Gasteiger partial charge in [0.15, 0.2) is 10.3 Å². The number of ether oxygens (including phenoxy) is 1. The highest BCUT2D eigenvalue weighted by molar-refractivity contribution is 8.19. The summed E-state index contributed by atoms with van der Waals surface area (Å²) < 4.78 is 6.17. The summed E-state index contributed by atoms with van der Waals surface area (Å²) >= 11 is 2.67. The van der Waals surface area contributed by atoms with Crippen LogP contribution in [0.5, 0.6) is 5.75 Å². The second-order valence-corrected chi connectivity index (χ2v) is 14.6. The molecule has 2 aliphatic heterocycles. The summed E-state index contributed by atoms with van der Waals surface area (Å²) in [5.74, 6) is 0.362. The number of H-pyrrole nitrogens is 2. The SMILES string of the molecule is C/N=C1\S/C(=C\c2ccc3[nH]cnc3c2)C(=O)N1c1cccc(COc2ccc(/N=C3\S/C(=C\c4ccc5[nH]cnc5c4)C(=O)N3c3ccccc3)cc2)c1. The Balaban J connectivity index is 0.905. The number of thioether (sulfide) groups is 2. The minimum Gasteiger partial charge on any atom is -0.489 e. The van der Waals surface area contributed by atoms with Gasteiger partial charge < -0.3 is 14.7 Å². The Morgan fingerprint density at radius 1 is 0.673 bits per heavy atom. The van der Waals surface area contributed by atoms with Crippen LogP contribution >= 0.6 is 23.5 Å². The third kappa shape index (κ3) is 6.94. The number of hydrogen-bond acceptors (Lipinski definition) is 9. The third-order valence-electron chi connectivity index (χ3n) is 8.94. The molecule has 13 heteroatoms. The summed E-state index contributed by atoms with van der Waals surface area (Å²) in [7, 11) is 1.68. The molecule has 0 bridgehead atoms. The molecule has 0 radical (unpaired) electrons. The van der Waals surface area contributed by atoms with Gasteiger partial charge in [-0.15, -0.1) is 0 Å². The molecule has 4 heterocycles. The van der Waals surface area contributed by atoms with Crippen molar-refractivity contribution in [2.24, 2.45) is 9.98 Å². The van der Waals surface area contributed by atoms with Gasteiger partial charge >= 0.3 is 0 Å². The fourth-order valence-corrected chi connectivity index (χ4v) is 8.20. The highest BCUT2D eigenvalue weighted by Gasteiger charge is 2.35. The first-order valence-corrected chi connectivity index (χ1v) is 18.9. The molecule has 5 aromatic carbocycles. The van der Waals surface area contributed by atoms with Gasteiger partial charge in [-0.05, 0) is 125 Å². The van der Waals surface area contributed by atoms with Gasteiger partial charge in [0.1, 0.15) is 12.4 Å². The smallest absolute Gasteiger partial charge is 0.271 e. The van der Waals surface area contributed by atoms with Crippen molar-refractivity contribution in [3.05, 3.63) is 154 Å². The molecule has 7 aromatic rings. The average Bonchev–Trinajstić information content (AvgIpc) is 4.01. The van der Waals surface area contributed by atoms with E-state index in [2.05, 4.69) is 24.9 Å². The van der Waals surface area contributed by atoms with Gasteiger partial charge in [-0.25, -0.2) is 15.0 Å². The van der Waals surface area contributed by atoms with Crippen LogP contribution in [0.2, 0.25) is 0 Å². The lowest BCUT2D eigenvalue weighted by Gasteiger charge is -2.16. The standard InChI is InChI=1S/C42H30N8O3S2/c1-43-41-50(40(52)37(54-41)21-26-10-16-33-35(19-26)46-24-44-33)31-9-5-6-28(18-31)23-53-32-14-12-29(13-15-32)48-42-49(30-7-3-2-4-8-30)39(51)38(55-42)22-27-11-17-34-36(20-27)47-25-45-34/h2-22,24-25H,23H2,1H3,(H,44,46)(H,45,47)/b37-21-,38-22-,43-41-,48-42-. The summed E-state index contributed by atoms with van der Waals surface area (Å²) in [6.45, 7) is 0.284. The summed E-state index contributed by atoms with van der Waals surface area (Å²) in [6.07, 6.45) is 7.05. The lowest BCUT2D eigenvalue weighted by Crippen LogP contribution is -2.28. The number of amidine groups is 2. The Hall–Kier alpha value is -6.70. The van der Waals surface area contributed by atoms with Gasteiger partial charge in [-0.1, -0.05) is 42.5 Å². The number of carbonyl (C=O) groups excluding carboxylic acids is 2. The molecule has 0 saturated carbocycles. The molecule has 11 nitrogen and oxygen atoms in total. The van der Waals surface area contributed by atoms with Gasteiger partial charge in [0.05, 0.1) is 61.6 Å². The van der Waals surface area contributed by atoms with Crippen LogP contribution in [0, 0.1) is 0 Å². The quantitative estimate of drug-likeness (QED) is 0.148. The molecule has 0 spiro atoms. The molecule has 0 unspecified atom stereocenters. The van der Waals surface area contributed by atoms with Crippen molar-refractivity contribution >= 4 is 97.0 Å². The number of hydrogen-bond donors (Lipinski definition) is 2. The largest absolute Gasteiger partial charge is 0.489 e. The monoisotopic (exact) mass is 758 g/mol. The zero-order chi connectivity index (χ0) is 37.3. The zero-order valence-corrected chi connectivity index (χ0v) is 30.8. The second-order valence-electron chi connectivity index (χ2n) is 12.5.